The Hall–Kier alpha value is -0.840. The number of hydrogen-bond donors (Lipinski definition) is 0. The highest BCUT2D eigenvalue weighted by molar-refractivity contribution is 6.32. The van der Waals surface area contributed by atoms with Gasteiger partial charge in [-0.3, -0.25) is 4.40 Å². The quantitative estimate of drug-likeness (QED) is 0.600. The molecular formula is C9H10Cl2N4. The number of imidazole rings is 1. The molecule has 4 nitrogen and oxygen atoms in total. The lowest BCUT2D eigenvalue weighted by Gasteiger charge is -2.04. The molecule has 0 fully saturated rings. The van der Waals surface area contributed by atoms with Crippen LogP contribution in [0.1, 0.15) is 5.69 Å². The SMILES string of the molecule is CN(C)Cc1cn2c(Cl)nc(Cl)cc2n1. The highest BCUT2D eigenvalue weighted by Crippen LogP contribution is 2.16. The fourth-order valence-corrected chi connectivity index (χ4v) is 1.82. The minimum Gasteiger partial charge on any atom is -0.304 e. The van der Waals surface area contributed by atoms with Gasteiger partial charge in [-0.15, -0.1) is 0 Å². The molecule has 0 atom stereocenters. The number of nitrogens with zero attached hydrogens (tertiary/aromatic N) is 4. The third kappa shape index (κ3) is 2.22. The van der Waals surface area contributed by atoms with Crippen LogP contribution >= 0.6 is 23.2 Å². The Balaban J connectivity index is 2.50. The van der Waals surface area contributed by atoms with Crippen LogP contribution in [0.25, 0.3) is 5.65 Å². The molecule has 0 aliphatic heterocycles. The molecule has 2 aromatic rings. The van der Waals surface area contributed by atoms with Crippen molar-refractivity contribution in [3.05, 3.63) is 28.4 Å². The molecule has 0 amide bonds. The van der Waals surface area contributed by atoms with Crippen LogP contribution in [-0.4, -0.2) is 33.4 Å². The molecule has 0 radical (unpaired) electrons. The molecule has 0 aromatic carbocycles. The van der Waals surface area contributed by atoms with Crippen LogP contribution in [0.5, 0.6) is 0 Å². The summed E-state index contributed by atoms with van der Waals surface area (Å²) >= 11 is 11.7. The summed E-state index contributed by atoms with van der Waals surface area (Å²) in [7, 11) is 3.97. The predicted octanol–water partition coefficient (Wildman–Crippen LogP) is 2.10. The van der Waals surface area contributed by atoms with Gasteiger partial charge in [0, 0.05) is 18.8 Å². The fraction of sp³-hybridized carbons (Fsp3) is 0.333. The monoisotopic (exact) mass is 244 g/mol. The lowest BCUT2D eigenvalue weighted by atomic mass is 10.4. The topological polar surface area (TPSA) is 33.4 Å². The van der Waals surface area contributed by atoms with Gasteiger partial charge < -0.3 is 4.90 Å². The molecule has 0 unspecified atom stereocenters. The third-order valence-electron chi connectivity index (χ3n) is 1.91. The van der Waals surface area contributed by atoms with Crippen molar-refractivity contribution < 1.29 is 0 Å². The van der Waals surface area contributed by atoms with Crippen LogP contribution in [0.3, 0.4) is 0 Å². The van der Waals surface area contributed by atoms with E-state index in [1.165, 1.54) is 0 Å². The molecule has 6 heteroatoms. The van der Waals surface area contributed by atoms with E-state index in [4.69, 9.17) is 23.2 Å². The molecule has 0 aliphatic rings. The Bertz CT molecular complexity index is 492. The standard InChI is InChI=1S/C9H10Cl2N4/c1-14(2)4-6-5-15-8(12-6)3-7(10)13-9(15)11/h3,5H,4H2,1-2H3. The van der Waals surface area contributed by atoms with Crippen molar-refractivity contribution in [1.29, 1.82) is 0 Å². The second-order valence-electron chi connectivity index (χ2n) is 3.55. The molecule has 0 spiro atoms. The summed E-state index contributed by atoms with van der Waals surface area (Å²) in [5, 5.41) is 0.685. The number of fused-ring (bicyclic) bond motifs is 1. The molecule has 0 bridgehead atoms. The summed E-state index contributed by atoms with van der Waals surface area (Å²) in [6, 6.07) is 1.69. The van der Waals surface area contributed by atoms with Crippen molar-refractivity contribution in [3.63, 3.8) is 0 Å². The zero-order chi connectivity index (χ0) is 11.0. The van der Waals surface area contributed by atoms with E-state index in [1.807, 2.05) is 25.2 Å². The number of aromatic nitrogens is 3. The van der Waals surface area contributed by atoms with Gasteiger partial charge in [-0.1, -0.05) is 11.6 Å². The van der Waals surface area contributed by atoms with E-state index in [-0.39, 0.29) is 0 Å². The molecule has 80 valence electrons. The van der Waals surface area contributed by atoms with Crippen molar-refractivity contribution in [1.82, 2.24) is 19.3 Å². The van der Waals surface area contributed by atoms with Crippen molar-refractivity contribution in [2.24, 2.45) is 0 Å². The summed E-state index contributed by atoms with van der Waals surface area (Å²) in [6.45, 7) is 0.760. The second-order valence-corrected chi connectivity index (χ2v) is 4.27. The van der Waals surface area contributed by atoms with Gasteiger partial charge in [0.2, 0.25) is 5.28 Å². The minimum atomic E-state index is 0.329. The van der Waals surface area contributed by atoms with Crippen LogP contribution in [0.4, 0.5) is 0 Å². The lowest BCUT2D eigenvalue weighted by Crippen LogP contribution is -2.10. The first-order valence-corrected chi connectivity index (χ1v) is 5.16. The van der Waals surface area contributed by atoms with E-state index in [0.29, 0.717) is 10.4 Å². The molecule has 2 rings (SSSR count). The van der Waals surface area contributed by atoms with E-state index in [0.717, 1.165) is 17.9 Å². The highest BCUT2D eigenvalue weighted by atomic mass is 35.5. The second kappa shape index (κ2) is 3.96. The average Bonchev–Trinajstić information content (AvgIpc) is 2.45. The van der Waals surface area contributed by atoms with E-state index >= 15 is 0 Å². The Morgan fingerprint density at radius 2 is 2.07 bits per heavy atom. The molecule has 2 heterocycles. The van der Waals surface area contributed by atoms with E-state index < -0.39 is 0 Å². The van der Waals surface area contributed by atoms with Gasteiger partial charge >= 0.3 is 0 Å². The molecular weight excluding hydrogens is 235 g/mol. The number of rotatable bonds is 2. The van der Waals surface area contributed by atoms with Crippen LogP contribution in [0.2, 0.25) is 10.4 Å². The van der Waals surface area contributed by atoms with Gasteiger partial charge in [-0.05, 0) is 25.7 Å². The van der Waals surface area contributed by atoms with Crippen molar-refractivity contribution >= 4 is 28.8 Å². The zero-order valence-electron chi connectivity index (χ0n) is 8.41. The van der Waals surface area contributed by atoms with Crippen molar-refractivity contribution in [2.75, 3.05) is 14.1 Å². The largest absolute Gasteiger partial charge is 0.304 e. The average molecular weight is 245 g/mol. The van der Waals surface area contributed by atoms with E-state index in [1.54, 1.807) is 10.5 Å². The first-order chi connectivity index (χ1) is 7.06. The van der Waals surface area contributed by atoms with Crippen LogP contribution in [-0.2, 0) is 6.54 Å². The molecule has 0 saturated heterocycles. The number of halogens is 2. The van der Waals surface area contributed by atoms with Gasteiger partial charge in [0.05, 0.1) is 5.69 Å². The lowest BCUT2D eigenvalue weighted by molar-refractivity contribution is 0.398. The Morgan fingerprint density at radius 1 is 1.33 bits per heavy atom. The molecule has 2 aromatic heterocycles. The highest BCUT2D eigenvalue weighted by Gasteiger charge is 2.07. The smallest absolute Gasteiger partial charge is 0.209 e. The van der Waals surface area contributed by atoms with Gasteiger partial charge in [-0.25, -0.2) is 9.97 Å². The van der Waals surface area contributed by atoms with Gasteiger partial charge in [0.25, 0.3) is 0 Å². The number of hydrogen-bond acceptors (Lipinski definition) is 3. The molecule has 0 N–H and O–H groups in total. The molecule has 15 heavy (non-hydrogen) atoms. The zero-order valence-corrected chi connectivity index (χ0v) is 9.92. The minimum absolute atomic E-state index is 0.329. The van der Waals surface area contributed by atoms with Crippen LogP contribution < -0.4 is 0 Å². The summed E-state index contributed by atoms with van der Waals surface area (Å²) in [4.78, 5) is 10.4. The summed E-state index contributed by atoms with van der Waals surface area (Å²) in [6.07, 6.45) is 1.86. The Labute approximate surface area is 97.5 Å². The molecule has 0 aliphatic carbocycles. The Kier molecular flexibility index (Phi) is 2.82. The van der Waals surface area contributed by atoms with Crippen LogP contribution in [0, 0.1) is 0 Å². The van der Waals surface area contributed by atoms with Gasteiger partial charge in [-0.2, -0.15) is 0 Å². The maximum absolute atomic E-state index is 5.93. The van der Waals surface area contributed by atoms with Crippen LogP contribution in [0.15, 0.2) is 12.3 Å². The first kappa shape index (κ1) is 10.7. The first-order valence-electron chi connectivity index (χ1n) is 4.41. The van der Waals surface area contributed by atoms with Crippen molar-refractivity contribution in [3.8, 4) is 0 Å². The fourth-order valence-electron chi connectivity index (χ4n) is 1.38. The van der Waals surface area contributed by atoms with Gasteiger partial charge in [0.1, 0.15) is 10.8 Å². The van der Waals surface area contributed by atoms with Crippen molar-refractivity contribution in [2.45, 2.75) is 6.54 Å². The third-order valence-corrected chi connectivity index (χ3v) is 2.37. The summed E-state index contributed by atoms with van der Waals surface area (Å²) < 4.78 is 1.71. The maximum atomic E-state index is 5.93. The molecule has 0 saturated carbocycles. The summed E-state index contributed by atoms with van der Waals surface area (Å²) in [5.41, 5.74) is 1.66. The maximum Gasteiger partial charge on any atom is 0.209 e. The van der Waals surface area contributed by atoms with E-state index in [2.05, 4.69) is 9.97 Å². The normalized spacial score (nSPS) is 11.5. The van der Waals surface area contributed by atoms with E-state index in [9.17, 15) is 0 Å². The predicted molar refractivity (Wildman–Crippen MR) is 60.4 cm³/mol. The van der Waals surface area contributed by atoms with Gasteiger partial charge in [0.15, 0.2) is 0 Å². The Morgan fingerprint density at radius 3 is 2.73 bits per heavy atom. The summed E-state index contributed by atoms with van der Waals surface area (Å²) in [5.74, 6) is 0.